The third-order valence-electron chi connectivity index (χ3n) is 13.9. The molecule has 0 spiro atoms. The zero-order chi connectivity index (χ0) is 49.3. The molecule has 3 unspecified atom stereocenters. The summed E-state index contributed by atoms with van der Waals surface area (Å²) in [5.74, 6) is 4.87. The van der Waals surface area contributed by atoms with Gasteiger partial charge in [0.1, 0.15) is 6.04 Å². The van der Waals surface area contributed by atoms with Crippen molar-refractivity contribution in [3.8, 4) is 34.2 Å². The van der Waals surface area contributed by atoms with Crippen LogP contribution in [0.5, 0.6) is 0 Å². The van der Waals surface area contributed by atoms with Gasteiger partial charge in [0.2, 0.25) is 5.91 Å². The number of ether oxygens (including phenoxy) is 2. The third kappa shape index (κ3) is 12.4. The summed E-state index contributed by atoms with van der Waals surface area (Å²) >= 11 is 0. The molecule has 2 aromatic heterocycles. The van der Waals surface area contributed by atoms with Crippen molar-refractivity contribution in [3.05, 3.63) is 77.6 Å². The Labute approximate surface area is 404 Å². The van der Waals surface area contributed by atoms with Gasteiger partial charge < -0.3 is 24.3 Å². The Morgan fingerprint density at radius 1 is 1.00 bits per heavy atom. The molecule has 0 bridgehead atoms. The number of benzene rings is 2. The van der Waals surface area contributed by atoms with Crippen molar-refractivity contribution in [3.63, 3.8) is 0 Å². The van der Waals surface area contributed by atoms with E-state index in [0.29, 0.717) is 45.5 Å². The Kier molecular flexibility index (Phi) is 17.3. The van der Waals surface area contributed by atoms with Crippen LogP contribution in [0, 0.1) is 29.1 Å². The van der Waals surface area contributed by atoms with Crippen LogP contribution in [0.2, 0.25) is 0 Å². The number of carbonyl (C=O) groups excluding carboxylic acids is 4. The zero-order valence-corrected chi connectivity index (χ0v) is 42.4. The minimum absolute atomic E-state index is 0.0649. The highest BCUT2D eigenvalue weighted by Crippen LogP contribution is 2.42. The number of carbonyl (C=O) groups is 4. The Morgan fingerprint density at radius 3 is 2.41 bits per heavy atom. The second kappa shape index (κ2) is 22.7. The second-order valence-electron chi connectivity index (χ2n) is 20.6. The summed E-state index contributed by atoms with van der Waals surface area (Å²) in [5.41, 5.74) is 11.0. The molecule has 2 saturated heterocycles. The summed E-state index contributed by atoms with van der Waals surface area (Å²) in [6.45, 7) is 22.6. The topological polar surface area (TPSA) is 138 Å². The molecule has 13 heteroatoms. The van der Waals surface area contributed by atoms with Crippen molar-refractivity contribution < 1.29 is 28.7 Å². The quantitative estimate of drug-likeness (QED) is 0.0677. The number of hydrazine groups is 1. The predicted octanol–water partition coefficient (Wildman–Crippen LogP) is 7.64. The van der Waals surface area contributed by atoms with Crippen LogP contribution in [-0.4, -0.2) is 120 Å². The number of hydrogen-bond donors (Lipinski definition) is 2. The zero-order valence-electron chi connectivity index (χ0n) is 42.4. The van der Waals surface area contributed by atoms with Gasteiger partial charge in [-0.1, -0.05) is 77.8 Å². The maximum absolute atomic E-state index is 14.3. The molecule has 2 aromatic carbocycles. The number of likely N-dealkylation sites (tertiary alicyclic amines) is 1. The van der Waals surface area contributed by atoms with Gasteiger partial charge in [-0.2, -0.15) is 0 Å². The molecule has 3 amide bonds. The Morgan fingerprint density at radius 2 is 1.75 bits per heavy atom. The molecular formula is C55H75N7O6. The minimum Gasteiger partial charge on any atom is -0.467 e. The normalized spacial score (nSPS) is 16.0. The van der Waals surface area contributed by atoms with E-state index in [2.05, 4.69) is 98.2 Å². The predicted molar refractivity (Wildman–Crippen MR) is 269 cm³/mol. The fraction of sp³-hybridized carbons (Fsp3) is 0.545. The summed E-state index contributed by atoms with van der Waals surface area (Å²) < 4.78 is 14.0. The van der Waals surface area contributed by atoms with Gasteiger partial charge >= 0.3 is 0 Å². The SMILES string of the molecule is CCC(C)c1ncccc1-c1c(CC(C)(C)COC=O)c2cc(-c3cccc(CC(NC(=O)C(COC4CN(C(=O)C#CC(C)(C)N(C)C)C4)C(C)C)C(=O)N4CCCCN4)c3)ccc2n1CC. The van der Waals surface area contributed by atoms with Gasteiger partial charge in [0.05, 0.1) is 42.2 Å². The maximum Gasteiger partial charge on any atom is 0.298 e. The van der Waals surface area contributed by atoms with Gasteiger partial charge in [0, 0.05) is 67.2 Å². The first-order valence-corrected chi connectivity index (χ1v) is 24.6. The van der Waals surface area contributed by atoms with Crippen molar-refractivity contribution in [1.29, 1.82) is 0 Å². The second-order valence-corrected chi connectivity index (χ2v) is 20.6. The van der Waals surface area contributed by atoms with Crippen LogP contribution in [0.3, 0.4) is 0 Å². The molecule has 0 radical (unpaired) electrons. The molecular weight excluding hydrogens is 855 g/mol. The first kappa shape index (κ1) is 51.8. The van der Waals surface area contributed by atoms with E-state index in [1.165, 1.54) is 5.56 Å². The highest BCUT2D eigenvalue weighted by Gasteiger charge is 2.35. The fourth-order valence-corrected chi connectivity index (χ4v) is 8.99. The molecule has 0 saturated carbocycles. The smallest absolute Gasteiger partial charge is 0.298 e. The lowest BCUT2D eigenvalue weighted by Gasteiger charge is -2.38. The van der Waals surface area contributed by atoms with E-state index in [0.717, 1.165) is 70.4 Å². The van der Waals surface area contributed by atoms with E-state index in [-0.39, 0.29) is 54.3 Å². The average molecular weight is 930 g/mol. The van der Waals surface area contributed by atoms with E-state index >= 15 is 0 Å². The van der Waals surface area contributed by atoms with Crippen LogP contribution in [0.15, 0.2) is 60.8 Å². The molecule has 4 aromatic rings. The van der Waals surface area contributed by atoms with Gasteiger partial charge in [-0.15, -0.1) is 0 Å². The van der Waals surface area contributed by atoms with Crippen molar-refractivity contribution >= 4 is 35.1 Å². The number of nitrogens with zero attached hydrogens (tertiary/aromatic N) is 5. The average Bonchev–Trinajstić information content (AvgIpc) is 3.61. The van der Waals surface area contributed by atoms with Gasteiger partial charge in [0.15, 0.2) is 0 Å². The summed E-state index contributed by atoms with van der Waals surface area (Å²) in [6, 6.07) is 18.2. The molecule has 68 heavy (non-hydrogen) atoms. The number of nitrogens with one attached hydrogen (secondary N) is 2. The highest BCUT2D eigenvalue weighted by molar-refractivity contribution is 5.96. The molecule has 2 aliphatic rings. The molecule has 3 atom stereocenters. The van der Waals surface area contributed by atoms with Gasteiger partial charge in [-0.3, -0.25) is 34.1 Å². The van der Waals surface area contributed by atoms with Gasteiger partial charge in [0.25, 0.3) is 18.3 Å². The lowest BCUT2D eigenvalue weighted by Crippen LogP contribution is -2.57. The lowest BCUT2D eigenvalue weighted by molar-refractivity contribution is -0.146. The largest absolute Gasteiger partial charge is 0.467 e. The van der Waals surface area contributed by atoms with E-state index in [9.17, 15) is 19.2 Å². The highest BCUT2D eigenvalue weighted by atomic mass is 16.5. The standard InChI is InChI=1S/C55H75N7O6/c1-12-38(5)50-43(20-17-25-56-50)51-45(31-54(6,7)35-67-36-63)44-30-41(21-22-48(44)61(51)13-2)40-19-16-18-39(28-40)29-47(53(66)62-27-15-14-26-57-62)58-52(65)46(37(3)4)34-68-42-32-60(33-42)49(64)23-24-55(8,9)59(10)11/h16-22,25,28,30,36-38,42,46-47,57H,12-15,26-27,29,31-35H2,1-11H3,(H,58,65). The Balaban J connectivity index is 1.27. The maximum atomic E-state index is 14.3. The van der Waals surface area contributed by atoms with Crippen LogP contribution in [0.1, 0.15) is 104 Å². The lowest BCUT2D eigenvalue weighted by atomic mass is 9.83. The van der Waals surface area contributed by atoms with Crippen LogP contribution in [0.25, 0.3) is 33.3 Å². The fourth-order valence-electron chi connectivity index (χ4n) is 8.99. The number of amides is 3. The first-order chi connectivity index (χ1) is 32.4. The molecule has 2 fully saturated rings. The number of aryl methyl sites for hydroxylation is 1. The van der Waals surface area contributed by atoms with E-state index < -0.39 is 17.5 Å². The van der Waals surface area contributed by atoms with Crippen molar-refractivity contribution in [2.24, 2.45) is 17.3 Å². The van der Waals surface area contributed by atoms with Crippen LogP contribution >= 0.6 is 0 Å². The molecule has 366 valence electrons. The summed E-state index contributed by atoms with van der Waals surface area (Å²) in [4.78, 5) is 61.2. The van der Waals surface area contributed by atoms with E-state index in [4.69, 9.17) is 14.5 Å². The summed E-state index contributed by atoms with van der Waals surface area (Å²) in [6.07, 6.45) is 5.45. The molecule has 0 aliphatic carbocycles. The van der Waals surface area contributed by atoms with Crippen LogP contribution in [-0.2, 0) is 48.0 Å². The van der Waals surface area contributed by atoms with Crippen molar-refractivity contribution in [2.45, 2.75) is 125 Å². The molecule has 13 nitrogen and oxygen atoms in total. The minimum atomic E-state index is -0.823. The molecule has 2 N–H and O–H groups in total. The van der Waals surface area contributed by atoms with E-state index in [1.807, 2.05) is 71.1 Å². The van der Waals surface area contributed by atoms with Crippen molar-refractivity contribution in [1.82, 2.24) is 35.1 Å². The van der Waals surface area contributed by atoms with Crippen LogP contribution < -0.4 is 10.7 Å². The van der Waals surface area contributed by atoms with Gasteiger partial charge in [-0.25, -0.2) is 5.43 Å². The number of aromatic nitrogens is 2. The molecule has 4 heterocycles. The third-order valence-corrected chi connectivity index (χ3v) is 13.9. The number of rotatable bonds is 20. The number of pyridine rings is 1. The summed E-state index contributed by atoms with van der Waals surface area (Å²) in [5, 5.41) is 5.95. The first-order valence-electron chi connectivity index (χ1n) is 24.6. The summed E-state index contributed by atoms with van der Waals surface area (Å²) in [7, 11) is 3.86. The molecule has 6 rings (SSSR count). The number of fused-ring (bicyclic) bond motifs is 1. The Hall–Kier alpha value is -5.55. The number of hydrogen-bond acceptors (Lipinski definition) is 9. The Bertz CT molecular complexity index is 2470. The van der Waals surface area contributed by atoms with E-state index in [1.54, 1.807) is 9.91 Å². The van der Waals surface area contributed by atoms with Gasteiger partial charge in [-0.05, 0) is 125 Å². The van der Waals surface area contributed by atoms with Crippen molar-refractivity contribution in [2.75, 3.05) is 53.5 Å². The molecule has 2 aliphatic heterocycles. The monoisotopic (exact) mass is 930 g/mol. The van der Waals surface area contributed by atoms with Crippen LogP contribution in [0.4, 0.5) is 0 Å².